The van der Waals surface area contributed by atoms with E-state index in [0.717, 1.165) is 42.0 Å². The molecule has 1 aromatic carbocycles. The van der Waals surface area contributed by atoms with Crippen LogP contribution in [-0.2, 0) is 16.6 Å². The van der Waals surface area contributed by atoms with Gasteiger partial charge in [0.1, 0.15) is 11.4 Å². The van der Waals surface area contributed by atoms with Gasteiger partial charge in [0.05, 0.1) is 18.5 Å². The van der Waals surface area contributed by atoms with Crippen LogP contribution in [0.1, 0.15) is 67.6 Å². The highest BCUT2D eigenvalue weighted by Gasteiger charge is 2.29. The lowest BCUT2D eigenvalue weighted by Gasteiger charge is -2.33. The molecule has 3 rings (SSSR count). The van der Waals surface area contributed by atoms with Gasteiger partial charge in [0.25, 0.3) is 0 Å². The van der Waals surface area contributed by atoms with E-state index in [1.54, 1.807) is 12.4 Å². The second-order valence-electron chi connectivity index (χ2n) is 7.87. The van der Waals surface area contributed by atoms with E-state index in [9.17, 15) is 9.90 Å². The summed E-state index contributed by atoms with van der Waals surface area (Å²) < 4.78 is 5.82. The molecule has 1 aliphatic rings. The first kappa shape index (κ1) is 19.9. The van der Waals surface area contributed by atoms with Crippen LogP contribution in [0.25, 0.3) is 0 Å². The van der Waals surface area contributed by atoms with Crippen molar-refractivity contribution in [3.05, 3.63) is 52.6 Å². The topological polar surface area (TPSA) is 75.1 Å². The molecule has 0 spiro atoms. The van der Waals surface area contributed by atoms with Crippen LogP contribution in [0, 0.1) is 18.8 Å². The molecule has 2 heterocycles. The minimum Gasteiger partial charge on any atom is -0.550 e. The van der Waals surface area contributed by atoms with E-state index in [0.29, 0.717) is 18.5 Å². The maximum absolute atomic E-state index is 10.4. The van der Waals surface area contributed by atoms with E-state index < -0.39 is 5.97 Å². The Balaban J connectivity index is 1.71. The molecule has 0 saturated heterocycles. The molecule has 0 bridgehead atoms. The maximum Gasteiger partial charge on any atom is 0.131 e. The molecular weight excluding hydrogens is 352 g/mol. The molecule has 5 nitrogen and oxygen atoms in total. The van der Waals surface area contributed by atoms with Crippen molar-refractivity contribution in [1.29, 1.82) is 0 Å². The van der Waals surface area contributed by atoms with Crippen molar-refractivity contribution in [1.82, 2.24) is 9.97 Å². The summed E-state index contributed by atoms with van der Waals surface area (Å²) in [7, 11) is 0. The molecule has 0 amide bonds. The van der Waals surface area contributed by atoms with E-state index >= 15 is 0 Å². The number of nitrogens with zero attached hydrogens (tertiary/aromatic N) is 2. The zero-order valence-electron chi connectivity index (χ0n) is 16.7. The van der Waals surface area contributed by atoms with Gasteiger partial charge in [-0.25, -0.2) is 4.98 Å². The molecule has 28 heavy (non-hydrogen) atoms. The lowest BCUT2D eigenvalue weighted by molar-refractivity contribution is -0.305. The summed E-state index contributed by atoms with van der Waals surface area (Å²) in [6.07, 6.45) is 6.49. The SMILES string of the molecule is Cc1cc2c(cc1C#Cc1cnc(CCCCC(=O)[O-])cn1)C(C)(C)CCO2. The molecule has 1 aliphatic heterocycles. The summed E-state index contributed by atoms with van der Waals surface area (Å²) in [5, 5.41) is 10.4. The fraction of sp³-hybridized carbons (Fsp3) is 0.435. The number of aliphatic carboxylic acids is 1. The van der Waals surface area contributed by atoms with Gasteiger partial charge in [-0.1, -0.05) is 19.8 Å². The fourth-order valence-corrected chi connectivity index (χ4v) is 3.27. The molecule has 0 radical (unpaired) electrons. The molecule has 0 unspecified atom stereocenters. The molecule has 2 aromatic rings. The summed E-state index contributed by atoms with van der Waals surface area (Å²) >= 11 is 0. The zero-order valence-corrected chi connectivity index (χ0v) is 16.7. The van der Waals surface area contributed by atoms with Crippen molar-refractivity contribution in [3.63, 3.8) is 0 Å². The Morgan fingerprint density at radius 3 is 2.75 bits per heavy atom. The Morgan fingerprint density at radius 2 is 2.04 bits per heavy atom. The molecular formula is C23H25N2O3-. The molecule has 146 valence electrons. The highest BCUT2D eigenvalue weighted by atomic mass is 16.5. The number of benzene rings is 1. The standard InChI is InChI=1S/C23H26N2O3/c1-16-12-21-20(23(2,3)10-11-28-21)13-17(16)8-9-19-15-24-18(14-25-19)6-4-5-7-22(26)27/h12-15H,4-7,10-11H2,1-3H3,(H,26,27)/p-1. The predicted molar refractivity (Wildman–Crippen MR) is 105 cm³/mol. The van der Waals surface area contributed by atoms with Gasteiger partial charge in [-0.3, -0.25) is 4.98 Å². The number of carbonyl (C=O) groups excluding carboxylic acids is 1. The number of carboxylic acids is 1. The highest BCUT2D eigenvalue weighted by Crippen LogP contribution is 2.39. The summed E-state index contributed by atoms with van der Waals surface area (Å²) in [6, 6.07) is 4.21. The summed E-state index contributed by atoms with van der Waals surface area (Å²) in [5.41, 5.74) is 4.80. The quantitative estimate of drug-likeness (QED) is 0.592. The Morgan fingerprint density at radius 1 is 1.21 bits per heavy atom. The van der Waals surface area contributed by atoms with Crippen LogP contribution in [0.4, 0.5) is 0 Å². The number of carboxylic acid groups (broad SMARTS) is 1. The maximum atomic E-state index is 10.4. The molecule has 0 saturated carbocycles. The Labute approximate surface area is 166 Å². The second-order valence-corrected chi connectivity index (χ2v) is 7.87. The molecule has 0 N–H and O–H groups in total. The van der Waals surface area contributed by atoms with E-state index in [4.69, 9.17) is 4.74 Å². The number of unbranched alkanes of at least 4 members (excludes halogenated alkanes) is 1. The van der Waals surface area contributed by atoms with Crippen LogP contribution in [0.2, 0.25) is 0 Å². The van der Waals surface area contributed by atoms with Gasteiger partial charge in [-0.05, 0) is 68.1 Å². The average molecular weight is 377 g/mol. The number of rotatable bonds is 5. The largest absolute Gasteiger partial charge is 0.550 e. The van der Waals surface area contributed by atoms with Crippen LogP contribution in [0.3, 0.4) is 0 Å². The number of aryl methyl sites for hydroxylation is 2. The lowest BCUT2D eigenvalue weighted by atomic mass is 9.78. The molecule has 5 heteroatoms. The smallest absolute Gasteiger partial charge is 0.131 e. The predicted octanol–water partition coefficient (Wildman–Crippen LogP) is 2.71. The normalized spacial score (nSPS) is 14.4. The third-order valence-corrected chi connectivity index (χ3v) is 5.13. The van der Waals surface area contributed by atoms with Crippen molar-refractivity contribution < 1.29 is 14.6 Å². The summed E-state index contributed by atoms with van der Waals surface area (Å²) in [6.45, 7) is 7.26. The van der Waals surface area contributed by atoms with Crippen molar-refractivity contribution >= 4 is 5.97 Å². The number of ether oxygens (including phenoxy) is 1. The highest BCUT2D eigenvalue weighted by molar-refractivity contribution is 5.64. The Kier molecular flexibility index (Phi) is 5.99. The summed E-state index contributed by atoms with van der Waals surface area (Å²) in [4.78, 5) is 19.2. The number of hydrogen-bond donors (Lipinski definition) is 0. The third kappa shape index (κ3) is 4.89. The van der Waals surface area contributed by atoms with Gasteiger partial charge in [0, 0.05) is 23.3 Å². The minimum absolute atomic E-state index is 0.0792. The molecule has 0 atom stereocenters. The van der Waals surface area contributed by atoms with Gasteiger partial charge >= 0.3 is 0 Å². The van der Waals surface area contributed by atoms with Gasteiger partial charge in [-0.2, -0.15) is 0 Å². The molecule has 0 fully saturated rings. The summed E-state index contributed by atoms with van der Waals surface area (Å²) in [5.74, 6) is 6.27. The van der Waals surface area contributed by atoms with Crippen LogP contribution in [0.5, 0.6) is 5.75 Å². The van der Waals surface area contributed by atoms with Gasteiger partial charge < -0.3 is 14.6 Å². The Hall–Kier alpha value is -2.87. The van der Waals surface area contributed by atoms with E-state index in [-0.39, 0.29) is 11.8 Å². The molecule has 0 aliphatic carbocycles. The lowest BCUT2D eigenvalue weighted by Crippen LogP contribution is -2.26. The second kappa shape index (κ2) is 8.43. The van der Waals surface area contributed by atoms with E-state index in [2.05, 4.69) is 47.8 Å². The average Bonchev–Trinajstić information content (AvgIpc) is 2.64. The van der Waals surface area contributed by atoms with Crippen molar-refractivity contribution in [2.24, 2.45) is 0 Å². The van der Waals surface area contributed by atoms with Gasteiger partial charge in [-0.15, -0.1) is 0 Å². The van der Waals surface area contributed by atoms with Crippen LogP contribution >= 0.6 is 0 Å². The monoisotopic (exact) mass is 377 g/mol. The first-order valence-electron chi connectivity index (χ1n) is 9.66. The van der Waals surface area contributed by atoms with Crippen LogP contribution < -0.4 is 9.84 Å². The van der Waals surface area contributed by atoms with Gasteiger partial charge in [0.2, 0.25) is 0 Å². The number of aromatic nitrogens is 2. The van der Waals surface area contributed by atoms with Gasteiger partial charge in [0.15, 0.2) is 0 Å². The van der Waals surface area contributed by atoms with E-state index in [1.165, 1.54) is 5.56 Å². The first-order valence-corrected chi connectivity index (χ1v) is 9.66. The van der Waals surface area contributed by atoms with Crippen molar-refractivity contribution in [2.45, 2.75) is 58.3 Å². The first-order chi connectivity index (χ1) is 13.3. The van der Waals surface area contributed by atoms with E-state index in [1.807, 2.05) is 6.92 Å². The number of carbonyl (C=O) groups is 1. The van der Waals surface area contributed by atoms with Crippen LogP contribution in [0.15, 0.2) is 24.5 Å². The van der Waals surface area contributed by atoms with Crippen molar-refractivity contribution in [3.8, 4) is 17.6 Å². The number of hydrogen-bond acceptors (Lipinski definition) is 5. The third-order valence-electron chi connectivity index (χ3n) is 5.13. The zero-order chi connectivity index (χ0) is 20.1. The minimum atomic E-state index is -1.01. The van der Waals surface area contributed by atoms with Crippen LogP contribution in [-0.4, -0.2) is 22.5 Å². The Bertz CT molecular complexity index is 921. The number of fused-ring (bicyclic) bond motifs is 1. The van der Waals surface area contributed by atoms with Crippen molar-refractivity contribution in [2.75, 3.05) is 6.61 Å². The molecule has 1 aromatic heterocycles. The fourth-order valence-electron chi connectivity index (χ4n) is 3.27.